The molecule has 1 aliphatic rings. The van der Waals surface area contributed by atoms with Crippen LogP contribution in [0.3, 0.4) is 0 Å². The van der Waals surface area contributed by atoms with Gasteiger partial charge in [0.05, 0.1) is 19.3 Å². The maximum atomic E-state index is 11.8. The topological polar surface area (TPSA) is 101 Å². The lowest BCUT2D eigenvalue weighted by molar-refractivity contribution is 0.0931. The zero-order valence-corrected chi connectivity index (χ0v) is 17.5. The van der Waals surface area contributed by atoms with Crippen LogP contribution in [-0.4, -0.2) is 30.4 Å². The third-order valence-corrected chi connectivity index (χ3v) is 4.73. The van der Waals surface area contributed by atoms with Crippen LogP contribution in [-0.2, 0) is 6.61 Å². The van der Waals surface area contributed by atoms with E-state index in [1.165, 1.54) is 0 Å². The Labute approximate surface area is 180 Å². The predicted molar refractivity (Wildman–Crippen MR) is 116 cm³/mol. The number of benzene rings is 2. The first-order chi connectivity index (χ1) is 15.0. The lowest BCUT2D eigenvalue weighted by atomic mass is 10.0. The first kappa shape index (κ1) is 21.8. The molecule has 0 saturated heterocycles. The molecule has 1 aromatic heterocycles. The fraction of sp³-hybridized carbons (Fsp3) is 0.208. The van der Waals surface area contributed by atoms with Gasteiger partial charge in [0.1, 0.15) is 23.9 Å². The van der Waals surface area contributed by atoms with Crippen LogP contribution in [0.25, 0.3) is 0 Å². The summed E-state index contributed by atoms with van der Waals surface area (Å²) in [6.07, 6.45) is 3.92. The maximum absolute atomic E-state index is 11.8. The average Bonchev–Trinajstić information content (AvgIpc) is 2.80. The summed E-state index contributed by atoms with van der Waals surface area (Å²) in [6, 6.07) is 14.2. The van der Waals surface area contributed by atoms with Gasteiger partial charge >= 0.3 is 0 Å². The fourth-order valence-electron chi connectivity index (χ4n) is 3.03. The normalized spacial score (nSPS) is 12.0. The van der Waals surface area contributed by atoms with Crippen molar-refractivity contribution in [1.29, 1.82) is 0 Å². The van der Waals surface area contributed by atoms with Gasteiger partial charge in [-0.25, -0.2) is 0 Å². The average molecular weight is 420 g/mol. The van der Waals surface area contributed by atoms with Crippen LogP contribution < -0.4 is 19.9 Å². The van der Waals surface area contributed by atoms with Gasteiger partial charge in [-0.05, 0) is 55.0 Å². The molecule has 1 aliphatic heterocycles. The lowest BCUT2D eigenvalue weighted by Crippen LogP contribution is -2.16. The number of nitrogens with zero attached hydrogens (tertiary/aromatic N) is 1. The number of primary amides is 1. The summed E-state index contributed by atoms with van der Waals surface area (Å²) < 4.78 is 16.3. The van der Waals surface area contributed by atoms with Gasteiger partial charge in [-0.2, -0.15) is 0 Å². The van der Waals surface area contributed by atoms with Crippen molar-refractivity contribution in [1.82, 2.24) is 4.98 Å². The number of hydrogen-bond acceptors (Lipinski definition) is 6. The van der Waals surface area contributed by atoms with E-state index in [2.05, 4.69) is 4.98 Å². The van der Waals surface area contributed by atoms with E-state index in [9.17, 15) is 9.59 Å². The highest BCUT2D eigenvalue weighted by Crippen LogP contribution is 2.35. The molecule has 31 heavy (non-hydrogen) atoms. The molecule has 0 spiro atoms. The van der Waals surface area contributed by atoms with Crippen molar-refractivity contribution in [3.8, 4) is 17.2 Å². The number of methoxy groups -OCH3 is 1. The molecule has 160 valence electrons. The first-order valence-electron chi connectivity index (χ1n) is 9.74. The van der Waals surface area contributed by atoms with Crippen LogP contribution in [0, 0.1) is 6.92 Å². The van der Waals surface area contributed by atoms with E-state index in [-0.39, 0.29) is 5.78 Å². The summed E-state index contributed by atoms with van der Waals surface area (Å²) in [4.78, 5) is 26.4. The van der Waals surface area contributed by atoms with Crippen molar-refractivity contribution in [3.05, 3.63) is 83.2 Å². The van der Waals surface area contributed by atoms with Crippen LogP contribution in [0.15, 0.2) is 60.9 Å². The maximum Gasteiger partial charge on any atom is 0.248 e. The molecule has 3 aromatic rings. The molecular weight excluding hydrogens is 396 g/mol. The van der Waals surface area contributed by atoms with Crippen molar-refractivity contribution in [2.24, 2.45) is 5.73 Å². The highest BCUT2D eigenvalue weighted by atomic mass is 16.5. The minimum atomic E-state index is -0.441. The molecule has 0 saturated carbocycles. The highest BCUT2D eigenvalue weighted by molar-refractivity contribution is 6.00. The lowest BCUT2D eigenvalue weighted by Gasteiger charge is -2.20. The standard InChI is InChI=1S/C16H15NO3.C8H9NO2/c1-11-15(20-10-12-4-7-17-8-5-12)3-2-13-14(18)6-9-19-16(11)13;1-11-7-4-2-3-6(5-7)8(9)10/h2-5,7-8H,6,9-10H2,1H3;2-5H,1H3,(H2,9,10). The van der Waals surface area contributed by atoms with E-state index in [4.69, 9.17) is 19.9 Å². The molecular formula is C24H24N2O5. The van der Waals surface area contributed by atoms with Crippen LogP contribution in [0.1, 0.15) is 38.3 Å². The molecule has 1 amide bonds. The van der Waals surface area contributed by atoms with E-state index in [0.717, 1.165) is 16.9 Å². The molecule has 0 unspecified atom stereocenters. The third-order valence-electron chi connectivity index (χ3n) is 4.73. The van der Waals surface area contributed by atoms with Crippen molar-refractivity contribution < 1.29 is 23.8 Å². The Bertz CT molecular complexity index is 1070. The molecule has 2 heterocycles. The SMILES string of the molecule is COc1cccc(C(N)=O)c1.Cc1c(OCc2ccncc2)ccc2c1OCCC2=O. The molecule has 0 bridgehead atoms. The number of carbonyl (C=O) groups excluding carboxylic acids is 2. The number of Topliss-reactive ketones (excluding diaryl/α,β-unsaturated/α-hetero) is 1. The van der Waals surface area contributed by atoms with Gasteiger partial charge in [0, 0.05) is 29.9 Å². The Morgan fingerprint density at radius 1 is 1.16 bits per heavy atom. The molecule has 7 nitrogen and oxygen atoms in total. The number of pyridine rings is 1. The van der Waals surface area contributed by atoms with Gasteiger partial charge in [0.25, 0.3) is 0 Å². The number of carbonyl (C=O) groups is 2. The van der Waals surface area contributed by atoms with Gasteiger partial charge in [0.2, 0.25) is 5.91 Å². The number of hydrogen-bond donors (Lipinski definition) is 1. The second-order valence-corrected chi connectivity index (χ2v) is 6.83. The summed E-state index contributed by atoms with van der Waals surface area (Å²) in [6.45, 7) is 2.83. The summed E-state index contributed by atoms with van der Waals surface area (Å²) in [7, 11) is 1.54. The molecule has 4 rings (SSSR count). The molecule has 0 aliphatic carbocycles. The number of fused-ring (bicyclic) bond motifs is 1. The smallest absolute Gasteiger partial charge is 0.248 e. The van der Waals surface area contributed by atoms with E-state index in [1.54, 1.807) is 49.8 Å². The Morgan fingerprint density at radius 2 is 1.94 bits per heavy atom. The van der Waals surface area contributed by atoms with Crippen molar-refractivity contribution in [2.75, 3.05) is 13.7 Å². The number of ketones is 1. The molecule has 0 radical (unpaired) electrons. The number of ether oxygens (including phenoxy) is 3. The number of nitrogens with two attached hydrogens (primary N) is 1. The molecule has 0 fully saturated rings. The summed E-state index contributed by atoms with van der Waals surface area (Å²) >= 11 is 0. The second-order valence-electron chi connectivity index (χ2n) is 6.83. The zero-order chi connectivity index (χ0) is 22.2. The predicted octanol–water partition coefficient (Wildman–Crippen LogP) is 3.73. The van der Waals surface area contributed by atoms with Crippen LogP contribution >= 0.6 is 0 Å². The summed E-state index contributed by atoms with van der Waals surface area (Å²) in [5, 5.41) is 0. The van der Waals surface area contributed by atoms with Gasteiger partial charge in [-0.1, -0.05) is 6.07 Å². The van der Waals surface area contributed by atoms with E-state index in [1.807, 2.05) is 25.1 Å². The van der Waals surface area contributed by atoms with E-state index >= 15 is 0 Å². The first-order valence-corrected chi connectivity index (χ1v) is 9.74. The molecule has 2 N–H and O–H groups in total. The molecule has 7 heteroatoms. The summed E-state index contributed by atoms with van der Waals surface area (Å²) in [5.74, 6) is 1.74. The summed E-state index contributed by atoms with van der Waals surface area (Å²) in [5.41, 5.74) is 8.09. The zero-order valence-electron chi connectivity index (χ0n) is 17.5. The van der Waals surface area contributed by atoms with E-state index < -0.39 is 5.91 Å². The van der Waals surface area contributed by atoms with Gasteiger partial charge in [-0.3, -0.25) is 14.6 Å². The highest BCUT2D eigenvalue weighted by Gasteiger charge is 2.22. The van der Waals surface area contributed by atoms with Crippen LogP contribution in [0.5, 0.6) is 17.2 Å². The van der Waals surface area contributed by atoms with Crippen LogP contribution in [0.4, 0.5) is 0 Å². The van der Waals surface area contributed by atoms with Gasteiger partial charge in [-0.15, -0.1) is 0 Å². The van der Waals surface area contributed by atoms with Gasteiger partial charge in [0.15, 0.2) is 5.78 Å². The largest absolute Gasteiger partial charge is 0.497 e. The minimum Gasteiger partial charge on any atom is -0.497 e. The second kappa shape index (κ2) is 10.2. The molecule has 2 aromatic carbocycles. The van der Waals surface area contributed by atoms with Crippen LogP contribution in [0.2, 0.25) is 0 Å². The number of aromatic nitrogens is 1. The Balaban J connectivity index is 0.000000210. The monoisotopic (exact) mass is 420 g/mol. The molecule has 0 atom stereocenters. The van der Waals surface area contributed by atoms with Gasteiger partial charge < -0.3 is 19.9 Å². The quantitative estimate of drug-likeness (QED) is 0.675. The number of rotatable bonds is 5. The van der Waals surface area contributed by atoms with E-state index in [0.29, 0.717) is 42.3 Å². The third kappa shape index (κ3) is 5.60. The number of amides is 1. The Morgan fingerprint density at radius 3 is 2.65 bits per heavy atom. The Kier molecular flexibility index (Phi) is 7.22. The minimum absolute atomic E-state index is 0.134. The Hall–Kier alpha value is -3.87. The van der Waals surface area contributed by atoms with Crippen molar-refractivity contribution in [3.63, 3.8) is 0 Å². The van der Waals surface area contributed by atoms with Crippen molar-refractivity contribution >= 4 is 11.7 Å². The fourth-order valence-corrected chi connectivity index (χ4v) is 3.03. The van der Waals surface area contributed by atoms with Crippen molar-refractivity contribution in [2.45, 2.75) is 20.0 Å².